The molecule has 2 aromatic heterocycles. The maximum atomic E-state index is 13.9. The molecule has 1 fully saturated rings. The number of carbonyl (C=O) groups is 2. The van der Waals surface area contributed by atoms with Crippen molar-refractivity contribution in [1.82, 2.24) is 14.4 Å². The van der Waals surface area contributed by atoms with Crippen molar-refractivity contribution in [3.63, 3.8) is 0 Å². The second-order valence-corrected chi connectivity index (χ2v) is 8.75. The van der Waals surface area contributed by atoms with Crippen LogP contribution >= 0.6 is 11.3 Å². The highest BCUT2D eigenvalue weighted by molar-refractivity contribution is 7.09. The van der Waals surface area contributed by atoms with E-state index in [2.05, 4.69) is 16.3 Å². The molecule has 0 amide bonds. The van der Waals surface area contributed by atoms with Gasteiger partial charge in [0.15, 0.2) is 0 Å². The second-order valence-electron chi connectivity index (χ2n) is 7.72. The van der Waals surface area contributed by atoms with Gasteiger partial charge in [0.05, 0.1) is 11.9 Å². The normalized spacial score (nSPS) is 16.5. The van der Waals surface area contributed by atoms with Crippen molar-refractivity contribution in [2.45, 2.75) is 25.6 Å². The molecule has 7 nitrogen and oxygen atoms in total. The van der Waals surface area contributed by atoms with Crippen LogP contribution in [0.2, 0.25) is 0 Å². The van der Waals surface area contributed by atoms with E-state index in [4.69, 9.17) is 5.11 Å². The summed E-state index contributed by atoms with van der Waals surface area (Å²) < 4.78 is 15.5. The lowest BCUT2D eigenvalue weighted by atomic mass is 10.0. The summed E-state index contributed by atoms with van der Waals surface area (Å²) in [5.74, 6) is -2.37. The van der Waals surface area contributed by atoms with E-state index in [1.165, 1.54) is 17.0 Å². The third kappa shape index (κ3) is 4.79. The van der Waals surface area contributed by atoms with Gasteiger partial charge in [-0.3, -0.25) is 19.4 Å². The Morgan fingerprint density at radius 3 is 2.55 bits per heavy atom. The van der Waals surface area contributed by atoms with Gasteiger partial charge in [-0.1, -0.05) is 6.07 Å². The first-order chi connectivity index (χ1) is 14.9. The molecule has 0 aliphatic carbocycles. The van der Waals surface area contributed by atoms with Crippen LogP contribution < -0.4 is 0 Å². The number of hydrogen-bond donors (Lipinski definition) is 2. The highest BCUT2D eigenvalue weighted by Gasteiger charge is 2.33. The summed E-state index contributed by atoms with van der Waals surface area (Å²) in [6, 6.07) is 7.48. The van der Waals surface area contributed by atoms with Gasteiger partial charge in [-0.25, -0.2) is 4.39 Å². The van der Waals surface area contributed by atoms with Gasteiger partial charge in [-0.15, -0.1) is 11.3 Å². The summed E-state index contributed by atoms with van der Waals surface area (Å²) in [7, 11) is 0. The lowest BCUT2D eigenvalue weighted by Gasteiger charge is -2.37. The second kappa shape index (κ2) is 9.17. The van der Waals surface area contributed by atoms with Crippen LogP contribution in [0, 0.1) is 5.82 Å². The van der Waals surface area contributed by atoms with Gasteiger partial charge < -0.3 is 14.8 Å². The molecule has 1 aliphatic rings. The minimum Gasteiger partial charge on any atom is -0.481 e. The van der Waals surface area contributed by atoms with Gasteiger partial charge in [0.25, 0.3) is 0 Å². The number of halogens is 1. The Kier molecular flexibility index (Phi) is 6.35. The van der Waals surface area contributed by atoms with Crippen LogP contribution in [0.4, 0.5) is 4.39 Å². The van der Waals surface area contributed by atoms with Gasteiger partial charge in [-0.05, 0) is 29.6 Å². The van der Waals surface area contributed by atoms with E-state index in [0.29, 0.717) is 29.6 Å². The zero-order valence-electron chi connectivity index (χ0n) is 16.9. The largest absolute Gasteiger partial charge is 0.481 e. The van der Waals surface area contributed by atoms with Gasteiger partial charge in [0.1, 0.15) is 11.9 Å². The molecule has 3 aromatic rings. The van der Waals surface area contributed by atoms with E-state index in [1.54, 1.807) is 28.2 Å². The SMILES string of the molecule is O=C(O)CCn1cc(C(C(=O)O)N2CCN(Cc3cccs3)CC2)c2ccc(F)cc21. The van der Waals surface area contributed by atoms with E-state index < -0.39 is 23.8 Å². The lowest BCUT2D eigenvalue weighted by Crippen LogP contribution is -2.48. The number of carboxylic acid groups (broad SMARTS) is 2. The Labute approximate surface area is 182 Å². The fraction of sp³-hybridized carbons (Fsp3) is 0.364. The molecule has 0 bridgehead atoms. The zero-order chi connectivity index (χ0) is 22.0. The summed E-state index contributed by atoms with van der Waals surface area (Å²) in [4.78, 5) is 28.8. The molecule has 2 N–H and O–H groups in total. The summed E-state index contributed by atoms with van der Waals surface area (Å²) in [6.07, 6.45) is 1.54. The number of hydrogen-bond acceptors (Lipinski definition) is 5. The predicted octanol–water partition coefficient (Wildman–Crippen LogP) is 3.26. The average molecular weight is 446 g/mol. The molecule has 0 saturated carbocycles. The number of thiophene rings is 1. The number of nitrogens with zero attached hydrogens (tertiary/aromatic N) is 3. The number of aryl methyl sites for hydroxylation is 1. The lowest BCUT2D eigenvalue weighted by molar-refractivity contribution is -0.144. The maximum absolute atomic E-state index is 13.9. The maximum Gasteiger partial charge on any atom is 0.325 e. The number of carboxylic acids is 2. The standard InChI is InChI=1S/C22H24FN3O4S/c23-15-3-4-17-18(14-26(19(17)12-15)6-5-20(27)28)21(22(29)30)25-9-7-24(8-10-25)13-16-2-1-11-31-16/h1-4,11-12,14,21H,5-10,13H2,(H,27,28)(H,29,30). The van der Waals surface area contributed by atoms with Crippen LogP contribution in [-0.2, 0) is 22.7 Å². The quantitative estimate of drug-likeness (QED) is 0.554. The summed E-state index contributed by atoms with van der Waals surface area (Å²) in [6.45, 7) is 3.73. The third-order valence-corrected chi connectivity index (χ3v) is 6.56. The first-order valence-electron chi connectivity index (χ1n) is 10.1. The third-order valence-electron chi connectivity index (χ3n) is 5.70. The van der Waals surface area contributed by atoms with Crippen LogP contribution in [0.15, 0.2) is 41.9 Å². The van der Waals surface area contributed by atoms with E-state index in [1.807, 2.05) is 11.0 Å². The van der Waals surface area contributed by atoms with Gasteiger partial charge >= 0.3 is 11.9 Å². The summed E-state index contributed by atoms with van der Waals surface area (Å²) in [5, 5.41) is 21.8. The molecule has 3 heterocycles. The number of aliphatic carboxylic acids is 2. The fourth-order valence-corrected chi connectivity index (χ4v) is 4.95. The first-order valence-corrected chi connectivity index (χ1v) is 11.0. The zero-order valence-corrected chi connectivity index (χ0v) is 17.7. The molecule has 1 aromatic carbocycles. The number of rotatable bonds is 8. The molecule has 1 saturated heterocycles. The molecule has 31 heavy (non-hydrogen) atoms. The summed E-state index contributed by atoms with van der Waals surface area (Å²) >= 11 is 1.71. The van der Waals surface area contributed by atoms with E-state index in [0.717, 1.165) is 19.6 Å². The van der Waals surface area contributed by atoms with Gasteiger partial charge in [-0.2, -0.15) is 0 Å². The Balaban J connectivity index is 1.58. The molecular formula is C22H24FN3O4S. The molecule has 1 unspecified atom stereocenters. The molecule has 4 rings (SSSR count). The minimum absolute atomic E-state index is 0.126. The Bertz CT molecular complexity index is 1070. The molecule has 9 heteroatoms. The Morgan fingerprint density at radius 2 is 1.90 bits per heavy atom. The molecule has 1 aliphatic heterocycles. The minimum atomic E-state index is -0.965. The highest BCUT2D eigenvalue weighted by Crippen LogP contribution is 2.32. The van der Waals surface area contributed by atoms with Crippen molar-refractivity contribution in [3.8, 4) is 0 Å². The van der Waals surface area contributed by atoms with Crippen molar-refractivity contribution in [1.29, 1.82) is 0 Å². The van der Waals surface area contributed by atoms with Gasteiger partial charge in [0, 0.05) is 61.3 Å². The van der Waals surface area contributed by atoms with Crippen molar-refractivity contribution in [2.24, 2.45) is 0 Å². The Hall–Kier alpha value is -2.75. The molecule has 0 spiro atoms. The molecule has 164 valence electrons. The van der Waals surface area contributed by atoms with E-state index in [-0.39, 0.29) is 13.0 Å². The van der Waals surface area contributed by atoms with E-state index in [9.17, 15) is 19.1 Å². The monoisotopic (exact) mass is 445 g/mol. The molecular weight excluding hydrogens is 421 g/mol. The highest BCUT2D eigenvalue weighted by atomic mass is 32.1. The molecule has 0 radical (unpaired) electrons. The Morgan fingerprint density at radius 1 is 1.13 bits per heavy atom. The van der Waals surface area contributed by atoms with Crippen LogP contribution in [0.25, 0.3) is 10.9 Å². The van der Waals surface area contributed by atoms with Crippen LogP contribution in [0.5, 0.6) is 0 Å². The number of piperazine rings is 1. The van der Waals surface area contributed by atoms with Crippen LogP contribution in [-0.4, -0.2) is 62.7 Å². The average Bonchev–Trinajstić information content (AvgIpc) is 3.36. The van der Waals surface area contributed by atoms with Crippen molar-refractivity contribution >= 4 is 34.2 Å². The first kappa shape index (κ1) is 21.5. The molecule has 1 atom stereocenters. The fourth-order valence-electron chi connectivity index (χ4n) is 4.20. The predicted molar refractivity (Wildman–Crippen MR) is 116 cm³/mol. The number of fused-ring (bicyclic) bond motifs is 1. The van der Waals surface area contributed by atoms with Crippen molar-refractivity contribution in [3.05, 3.63) is 58.2 Å². The summed E-state index contributed by atoms with van der Waals surface area (Å²) in [5.41, 5.74) is 1.08. The van der Waals surface area contributed by atoms with Crippen molar-refractivity contribution in [2.75, 3.05) is 26.2 Å². The van der Waals surface area contributed by atoms with E-state index >= 15 is 0 Å². The number of aromatic nitrogens is 1. The van der Waals surface area contributed by atoms with Crippen molar-refractivity contribution < 1.29 is 24.2 Å². The van der Waals surface area contributed by atoms with Gasteiger partial charge in [0.2, 0.25) is 0 Å². The smallest absolute Gasteiger partial charge is 0.325 e. The van der Waals surface area contributed by atoms with Crippen LogP contribution in [0.3, 0.4) is 0 Å². The topological polar surface area (TPSA) is 86.0 Å². The number of benzene rings is 1. The van der Waals surface area contributed by atoms with Crippen LogP contribution in [0.1, 0.15) is 22.9 Å².